The van der Waals surface area contributed by atoms with Gasteiger partial charge in [-0.2, -0.15) is 0 Å². The van der Waals surface area contributed by atoms with Crippen LogP contribution in [0.1, 0.15) is 12.0 Å². The van der Waals surface area contributed by atoms with Crippen molar-refractivity contribution >= 4 is 5.69 Å². The third-order valence-electron chi connectivity index (χ3n) is 4.23. The number of aryl methyl sites for hydroxylation is 1. The molecule has 0 radical (unpaired) electrons. The van der Waals surface area contributed by atoms with E-state index in [1.165, 1.54) is 43.9 Å². The number of anilines is 1. The largest absolute Gasteiger partial charge is 0.496 e. The quantitative estimate of drug-likeness (QED) is 0.864. The van der Waals surface area contributed by atoms with Crippen LogP contribution in [0.4, 0.5) is 5.69 Å². The molecular weight excluding hydrogens is 224 g/mol. The molecule has 0 amide bonds. The summed E-state index contributed by atoms with van der Waals surface area (Å²) in [6.07, 6.45) is 1.40. The maximum absolute atomic E-state index is 5.33. The van der Waals surface area contributed by atoms with E-state index in [9.17, 15) is 0 Å². The fourth-order valence-corrected chi connectivity index (χ4v) is 3.38. The Morgan fingerprint density at radius 2 is 1.94 bits per heavy atom. The van der Waals surface area contributed by atoms with Crippen LogP contribution in [0.3, 0.4) is 0 Å². The Hall–Kier alpha value is -1.22. The number of hydrogen-bond acceptors (Lipinski definition) is 3. The highest BCUT2D eigenvalue weighted by Gasteiger charge is 2.30. The lowest BCUT2D eigenvalue weighted by molar-refractivity contribution is 0.249. The standard InChI is InChI=1S/C15H22N2O/c1-11-5-14(3-4-15(11)18-2)17-9-12-6-13(10-17)8-16-7-12/h3-5,12-13,16H,6-10H2,1-2H3. The summed E-state index contributed by atoms with van der Waals surface area (Å²) >= 11 is 0. The van der Waals surface area contributed by atoms with Gasteiger partial charge in [-0.15, -0.1) is 0 Å². The summed E-state index contributed by atoms with van der Waals surface area (Å²) in [4.78, 5) is 2.55. The van der Waals surface area contributed by atoms with Gasteiger partial charge in [-0.1, -0.05) is 0 Å². The molecule has 2 atom stereocenters. The molecule has 2 heterocycles. The summed E-state index contributed by atoms with van der Waals surface area (Å²) in [5, 5.41) is 3.54. The first-order valence-corrected chi connectivity index (χ1v) is 6.86. The van der Waals surface area contributed by atoms with Crippen LogP contribution in [0, 0.1) is 18.8 Å². The molecule has 0 spiro atoms. The molecule has 2 fully saturated rings. The van der Waals surface area contributed by atoms with E-state index in [2.05, 4.69) is 35.3 Å². The van der Waals surface area contributed by atoms with Crippen molar-refractivity contribution in [3.63, 3.8) is 0 Å². The lowest BCUT2D eigenvalue weighted by atomic mass is 9.85. The Bertz CT molecular complexity index is 421. The number of methoxy groups -OCH3 is 1. The molecule has 3 heteroatoms. The van der Waals surface area contributed by atoms with Crippen LogP contribution in [0.15, 0.2) is 18.2 Å². The summed E-state index contributed by atoms with van der Waals surface area (Å²) in [6, 6.07) is 6.54. The SMILES string of the molecule is COc1ccc(N2CC3CNCC(C3)C2)cc1C. The molecule has 1 N–H and O–H groups in total. The number of benzene rings is 1. The van der Waals surface area contributed by atoms with Gasteiger partial charge in [0.25, 0.3) is 0 Å². The van der Waals surface area contributed by atoms with Crippen molar-refractivity contribution in [2.75, 3.05) is 38.2 Å². The van der Waals surface area contributed by atoms with Crippen molar-refractivity contribution in [1.29, 1.82) is 0 Å². The maximum Gasteiger partial charge on any atom is 0.121 e. The molecule has 3 nitrogen and oxygen atoms in total. The van der Waals surface area contributed by atoms with Gasteiger partial charge in [-0.05, 0) is 62.0 Å². The second kappa shape index (κ2) is 4.81. The Kier molecular flexibility index (Phi) is 3.16. The van der Waals surface area contributed by atoms with Crippen LogP contribution < -0.4 is 15.0 Å². The predicted octanol–water partition coefficient (Wildman–Crippen LogP) is 2.05. The Balaban J connectivity index is 1.80. The number of rotatable bonds is 2. The predicted molar refractivity (Wildman–Crippen MR) is 74.4 cm³/mol. The molecule has 18 heavy (non-hydrogen) atoms. The second-order valence-electron chi connectivity index (χ2n) is 5.68. The monoisotopic (exact) mass is 246 g/mol. The van der Waals surface area contributed by atoms with Crippen LogP contribution in [0.2, 0.25) is 0 Å². The van der Waals surface area contributed by atoms with Crippen LogP contribution in [0.5, 0.6) is 5.75 Å². The number of nitrogens with one attached hydrogen (secondary N) is 1. The molecule has 2 unspecified atom stereocenters. The average molecular weight is 246 g/mol. The minimum atomic E-state index is 0.819. The van der Waals surface area contributed by atoms with Gasteiger partial charge in [-0.25, -0.2) is 0 Å². The number of nitrogens with zero attached hydrogens (tertiary/aromatic N) is 1. The van der Waals surface area contributed by atoms with Gasteiger partial charge < -0.3 is 15.0 Å². The molecule has 1 aromatic carbocycles. The van der Waals surface area contributed by atoms with Crippen molar-refractivity contribution in [1.82, 2.24) is 5.32 Å². The van der Waals surface area contributed by atoms with Gasteiger partial charge in [0.05, 0.1) is 7.11 Å². The lowest BCUT2D eigenvalue weighted by Gasteiger charge is -2.43. The topological polar surface area (TPSA) is 24.5 Å². The number of fused-ring (bicyclic) bond motifs is 2. The molecule has 0 saturated carbocycles. The van der Waals surface area contributed by atoms with E-state index in [0.717, 1.165) is 17.6 Å². The Morgan fingerprint density at radius 1 is 1.22 bits per heavy atom. The molecular formula is C15H22N2O. The highest BCUT2D eigenvalue weighted by atomic mass is 16.5. The van der Waals surface area contributed by atoms with E-state index in [0.29, 0.717) is 0 Å². The first-order valence-electron chi connectivity index (χ1n) is 6.86. The molecule has 0 aromatic heterocycles. The van der Waals surface area contributed by atoms with Gasteiger partial charge in [0, 0.05) is 18.8 Å². The molecule has 2 aliphatic heterocycles. The number of hydrogen-bond donors (Lipinski definition) is 1. The lowest BCUT2D eigenvalue weighted by Crippen LogP contribution is -2.51. The van der Waals surface area contributed by atoms with E-state index >= 15 is 0 Å². The second-order valence-corrected chi connectivity index (χ2v) is 5.68. The summed E-state index contributed by atoms with van der Waals surface area (Å²) in [6.45, 7) is 6.86. The highest BCUT2D eigenvalue weighted by Crippen LogP contribution is 2.30. The third-order valence-corrected chi connectivity index (χ3v) is 4.23. The van der Waals surface area contributed by atoms with Gasteiger partial charge in [0.2, 0.25) is 0 Å². The van der Waals surface area contributed by atoms with Crippen molar-refractivity contribution < 1.29 is 4.74 Å². The van der Waals surface area contributed by atoms with Crippen molar-refractivity contribution in [3.05, 3.63) is 23.8 Å². The van der Waals surface area contributed by atoms with E-state index in [1.54, 1.807) is 7.11 Å². The summed E-state index contributed by atoms with van der Waals surface area (Å²) in [5.74, 6) is 2.62. The number of ether oxygens (including phenoxy) is 1. The Labute approximate surface area is 109 Å². The van der Waals surface area contributed by atoms with Gasteiger partial charge >= 0.3 is 0 Å². The molecule has 98 valence electrons. The molecule has 2 saturated heterocycles. The summed E-state index contributed by atoms with van der Waals surface area (Å²) in [7, 11) is 1.74. The van der Waals surface area contributed by atoms with Crippen LogP contribution in [-0.4, -0.2) is 33.3 Å². The maximum atomic E-state index is 5.33. The van der Waals surface area contributed by atoms with Gasteiger partial charge in [-0.3, -0.25) is 0 Å². The average Bonchev–Trinajstić information content (AvgIpc) is 2.38. The van der Waals surface area contributed by atoms with Gasteiger partial charge in [0.15, 0.2) is 0 Å². The molecule has 2 bridgehead atoms. The zero-order valence-electron chi connectivity index (χ0n) is 11.3. The first-order chi connectivity index (χ1) is 8.76. The van der Waals surface area contributed by atoms with E-state index in [-0.39, 0.29) is 0 Å². The minimum Gasteiger partial charge on any atom is -0.496 e. The van der Waals surface area contributed by atoms with Crippen LogP contribution in [0.25, 0.3) is 0 Å². The zero-order chi connectivity index (χ0) is 12.5. The normalized spacial score (nSPS) is 27.1. The fraction of sp³-hybridized carbons (Fsp3) is 0.600. The van der Waals surface area contributed by atoms with Crippen molar-refractivity contribution in [3.8, 4) is 5.75 Å². The highest BCUT2D eigenvalue weighted by molar-refractivity contribution is 5.53. The first kappa shape index (κ1) is 11.8. The molecule has 3 rings (SSSR count). The molecule has 1 aromatic rings. The number of piperidine rings is 2. The van der Waals surface area contributed by atoms with Crippen molar-refractivity contribution in [2.45, 2.75) is 13.3 Å². The Morgan fingerprint density at radius 3 is 2.56 bits per heavy atom. The fourth-order valence-electron chi connectivity index (χ4n) is 3.38. The van der Waals surface area contributed by atoms with E-state index < -0.39 is 0 Å². The van der Waals surface area contributed by atoms with Crippen LogP contribution in [-0.2, 0) is 0 Å². The summed E-state index contributed by atoms with van der Waals surface area (Å²) < 4.78 is 5.33. The third kappa shape index (κ3) is 2.19. The van der Waals surface area contributed by atoms with Crippen LogP contribution >= 0.6 is 0 Å². The van der Waals surface area contributed by atoms with Gasteiger partial charge in [0.1, 0.15) is 5.75 Å². The molecule has 0 aliphatic carbocycles. The van der Waals surface area contributed by atoms with E-state index in [4.69, 9.17) is 4.74 Å². The van der Waals surface area contributed by atoms with Crippen molar-refractivity contribution in [2.24, 2.45) is 11.8 Å². The zero-order valence-corrected chi connectivity index (χ0v) is 11.3. The molecule has 2 aliphatic rings. The smallest absolute Gasteiger partial charge is 0.121 e. The summed E-state index contributed by atoms with van der Waals surface area (Å²) in [5.41, 5.74) is 2.58. The minimum absolute atomic E-state index is 0.819. The van der Waals surface area contributed by atoms with E-state index in [1.807, 2.05) is 0 Å².